The summed E-state index contributed by atoms with van der Waals surface area (Å²) in [5.41, 5.74) is 16.5. The number of allylic oxidation sites excluding steroid dienone is 3. The van der Waals surface area contributed by atoms with Gasteiger partial charge < -0.3 is 5.73 Å². The van der Waals surface area contributed by atoms with E-state index in [4.69, 9.17) is 5.73 Å². The van der Waals surface area contributed by atoms with Crippen molar-refractivity contribution < 1.29 is 0 Å². The molecule has 4 aromatic carbocycles. The molecule has 0 saturated heterocycles. The Morgan fingerprint density at radius 3 is 1.78 bits per heavy atom. The van der Waals surface area contributed by atoms with Gasteiger partial charge in [-0.1, -0.05) is 130 Å². The van der Waals surface area contributed by atoms with Crippen LogP contribution in [-0.4, -0.2) is 0 Å². The Bertz CT molecular complexity index is 1550. The summed E-state index contributed by atoms with van der Waals surface area (Å²) in [6.07, 6.45) is 13.4. The third-order valence-corrected chi connectivity index (χ3v) is 6.51. The number of rotatable bonds is 8. The molecule has 0 aliphatic heterocycles. The standard InChI is InChI=1S/C35H31N/c1-6-11-21-33(36)29-22-23-32(26(8-3)25(29)7-2)35-28(10-5)27(9-4)34(24-17-13-12-14-18-24)30-19-15-16-20-31(30)35/h6-23H,2-5,36H2,1H3/b11-6-,33-21-. The molecule has 2 N–H and O–H groups in total. The van der Waals surface area contributed by atoms with Gasteiger partial charge >= 0.3 is 0 Å². The van der Waals surface area contributed by atoms with Crippen LogP contribution in [0.15, 0.2) is 111 Å². The van der Waals surface area contributed by atoms with E-state index in [2.05, 4.69) is 87.0 Å². The molecule has 1 nitrogen and oxygen atoms in total. The summed E-state index contributed by atoms with van der Waals surface area (Å²) in [5.74, 6) is 0. The summed E-state index contributed by atoms with van der Waals surface area (Å²) in [6.45, 7) is 18.6. The smallest absolute Gasteiger partial charge is 0.0393 e. The van der Waals surface area contributed by atoms with Crippen molar-refractivity contribution in [2.24, 2.45) is 5.73 Å². The zero-order valence-corrected chi connectivity index (χ0v) is 20.8. The number of nitrogens with two attached hydrogens (primary N) is 1. The highest BCUT2D eigenvalue weighted by Crippen LogP contribution is 2.45. The molecule has 0 aliphatic carbocycles. The predicted molar refractivity (Wildman–Crippen MR) is 162 cm³/mol. The van der Waals surface area contributed by atoms with E-state index in [1.807, 2.05) is 55.5 Å². The van der Waals surface area contributed by atoms with E-state index in [0.29, 0.717) is 5.70 Å². The molecule has 36 heavy (non-hydrogen) atoms. The Balaban J connectivity index is 2.17. The van der Waals surface area contributed by atoms with Crippen molar-refractivity contribution in [3.63, 3.8) is 0 Å². The van der Waals surface area contributed by atoms with Gasteiger partial charge in [0.15, 0.2) is 0 Å². The maximum Gasteiger partial charge on any atom is 0.0393 e. The monoisotopic (exact) mass is 465 g/mol. The van der Waals surface area contributed by atoms with E-state index in [1.165, 1.54) is 0 Å². The summed E-state index contributed by atoms with van der Waals surface area (Å²) in [5, 5.41) is 2.30. The van der Waals surface area contributed by atoms with Crippen molar-refractivity contribution >= 4 is 40.8 Å². The lowest BCUT2D eigenvalue weighted by Crippen LogP contribution is -2.03. The lowest BCUT2D eigenvalue weighted by atomic mass is 9.81. The van der Waals surface area contributed by atoms with E-state index in [-0.39, 0.29) is 0 Å². The second kappa shape index (κ2) is 10.8. The van der Waals surface area contributed by atoms with Crippen molar-refractivity contribution in [3.8, 4) is 22.3 Å². The average Bonchev–Trinajstić information content (AvgIpc) is 2.93. The lowest BCUT2D eigenvalue weighted by Gasteiger charge is -2.22. The third-order valence-electron chi connectivity index (χ3n) is 6.51. The Kier molecular flexibility index (Phi) is 7.32. The molecule has 4 rings (SSSR count). The van der Waals surface area contributed by atoms with Crippen LogP contribution in [0.3, 0.4) is 0 Å². The second-order valence-electron chi connectivity index (χ2n) is 8.44. The Morgan fingerprint density at radius 1 is 0.639 bits per heavy atom. The second-order valence-corrected chi connectivity index (χ2v) is 8.44. The molecule has 0 unspecified atom stereocenters. The molecule has 0 bridgehead atoms. The highest BCUT2D eigenvalue weighted by molar-refractivity contribution is 6.12. The first kappa shape index (κ1) is 24.5. The highest BCUT2D eigenvalue weighted by atomic mass is 14.6. The van der Waals surface area contributed by atoms with E-state index in [0.717, 1.165) is 60.8 Å². The molecule has 0 aromatic heterocycles. The van der Waals surface area contributed by atoms with Crippen LogP contribution in [0.25, 0.3) is 63.0 Å². The first-order chi connectivity index (χ1) is 17.6. The van der Waals surface area contributed by atoms with Gasteiger partial charge in [0.05, 0.1) is 0 Å². The maximum atomic E-state index is 6.44. The van der Waals surface area contributed by atoms with Crippen LogP contribution in [0.4, 0.5) is 0 Å². The van der Waals surface area contributed by atoms with Gasteiger partial charge in [-0.25, -0.2) is 0 Å². The molecular weight excluding hydrogens is 434 g/mol. The van der Waals surface area contributed by atoms with E-state index in [1.54, 1.807) is 0 Å². The zero-order valence-electron chi connectivity index (χ0n) is 20.8. The molecular formula is C35H31N. The summed E-state index contributed by atoms with van der Waals surface area (Å²) < 4.78 is 0. The van der Waals surface area contributed by atoms with Crippen LogP contribution in [0, 0.1) is 0 Å². The van der Waals surface area contributed by atoms with Crippen LogP contribution in [-0.2, 0) is 0 Å². The van der Waals surface area contributed by atoms with Gasteiger partial charge in [-0.2, -0.15) is 0 Å². The van der Waals surface area contributed by atoms with E-state index >= 15 is 0 Å². The van der Waals surface area contributed by atoms with Crippen LogP contribution in [0.1, 0.15) is 34.7 Å². The summed E-state index contributed by atoms with van der Waals surface area (Å²) in [7, 11) is 0. The first-order valence-electron chi connectivity index (χ1n) is 12.0. The number of benzene rings is 4. The van der Waals surface area contributed by atoms with Gasteiger partial charge in [-0.05, 0) is 68.3 Å². The third kappa shape index (κ3) is 4.16. The predicted octanol–water partition coefficient (Wildman–Crippen LogP) is 9.62. The molecule has 4 aromatic rings. The van der Waals surface area contributed by atoms with Crippen molar-refractivity contribution in [1.82, 2.24) is 0 Å². The van der Waals surface area contributed by atoms with Crippen LogP contribution in [0.2, 0.25) is 0 Å². The normalized spacial score (nSPS) is 11.5. The zero-order chi connectivity index (χ0) is 25.7. The van der Waals surface area contributed by atoms with Crippen molar-refractivity contribution in [3.05, 3.63) is 139 Å². The Labute approximate surface area is 214 Å². The average molecular weight is 466 g/mol. The fourth-order valence-electron chi connectivity index (χ4n) is 4.94. The molecule has 0 saturated carbocycles. The molecule has 0 amide bonds. The van der Waals surface area contributed by atoms with Gasteiger partial charge in [-0.3, -0.25) is 0 Å². The molecule has 1 heteroatoms. The van der Waals surface area contributed by atoms with Gasteiger partial charge in [-0.15, -0.1) is 0 Å². The highest BCUT2D eigenvalue weighted by Gasteiger charge is 2.21. The maximum absolute atomic E-state index is 6.44. The van der Waals surface area contributed by atoms with Crippen LogP contribution < -0.4 is 5.73 Å². The first-order valence-corrected chi connectivity index (χ1v) is 12.0. The molecule has 0 radical (unpaired) electrons. The molecule has 176 valence electrons. The summed E-state index contributed by atoms with van der Waals surface area (Å²) in [6, 6.07) is 23.1. The Morgan fingerprint density at radius 2 is 1.19 bits per heavy atom. The summed E-state index contributed by atoms with van der Waals surface area (Å²) in [4.78, 5) is 0. The minimum absolute atomic E-state index is 0.678. The number of hydrogen-bond acceptors (Lipinski definition) is 1. The van der Waals surface area contributed by atoms with Gasteiger partial charge in [0.25, 0.3) is 0 Å². The molecule has 0 atom stereocenters. The molecule has 0 spiro atoms. The fraction of sp³-hybridized carbons (Fsp3) is 0.0286. The lowest BCUT2D eigenvalue weighted by molar-refractivity contribution is 1.47. The quantitative estimate of drug-likeness (QED) is 0.258. The topological polar surface area (TPSA) is 26.0 Å². The van der Waals surface area contributed by atoms with Gasteiger partial charge in [0.1, 0.15) is 0 Å². The largest absolute Gasteiger partial charge is 0.398 e. The Hall–Kier alpha value is -4.62. The van der Waals surface area contributed by atoms with Crippen LogP contribution >= 0.6 is 0 Å². The number of fused-ring (bicyclic) bond motifs is 1. The number of hydrogen-bond donors (Lipinski definition) is 1. The fourth-order valence-corrected chi connectivity index (χ4v) is 4.94. The van der Waals surface area contributed by atoms with E-state index in [9.17, 15) is 0 Å². The van der Waals surface area contributed by atoms with Gasteiger partial charge in [0.2, 0.25) is 0 Å². The summed E-state index contributed by atoms with van der Waals surface area (Å²) >= 11 is 0. The van der Waals surface area contributed by atoms with Crippen molar-refractivity contribution in [2.45, 2.75) is 6.92 Å². The molecule has 0 aliphatic rings. The minimum atomic E-state index is 0.678. The molecule has 0 fully saturated rings. The van der Waals surface area contributed by atoms with Crippen molar-refractivity contribution in [2.75, 3.05) is 0 Å². The SMILES string of the molecule is C=Cc1c(/C(N)=C/C=C\C)ccc(-c2c(C=C)c(C=C)c(-c3ccccc3)c3ccccc23)c1C=C. The van der Waals surface area contributed by atoms with E-state index < -0.39 is 0 Å². The van der Waals surface area contributed by atoms with Crippen LogP contribution in [0.5, 0.6) is 0 Å². The van der Waals surface area contributed by atoms with Gasteiger partial charge in [0, 0.05) is 11.3 Å². The minimum Gasteiger partial charge on any atom is -0.398 e. The van der Waals surface area contributed by atoms with Crippen molar-refractivity contribution in [1.29, 1.82) is 0 Å². The molecule has 0 heterocycles.